The van der Waals surface area contributed by atoms with Crippen molar-refractivity contribution in [1.29, 1.82) is 0 Å². The molecule has 33 heavy (non-hydrogen) atoms. The fourth-order valence-corrected chi connectivity index (χ4v) is 4.12. The highest BCUT2D eigenvalue weighted by molar-refractivity contribution is 7.07. The first kappa shape index (κ1) is 24.9. The Hall–Kier alpha value is -2.77. The first-order valence-corrected chi connectivity index (χ1v) is 12.4. The summed E-state index contributed by atoms with van der Waals surface area (Å²) in [7, 11) is 0. The van der Waals surface area contributed by atoms with Gasteiger partial charge in [-0.15, -0.1) is 0 Å². The van der Waals surface area contributed by atoms with E-state index in [2.05, 4.69) is 71.5 Å². The highest BCUT2D eigenvalue weighted by Crippen LogP contribution is 2.24. The Bertz CT molecular complexity index is 998. The molecule has 176 valence electrons. The van der Waals surface area contributed by atoms with E-state index in [9.17, 15) is 4.79 Å². The predicted octanol–water partition coefficient (Wildman–Crippen LogP) is 5.47. The fourth-order valence-electron chi connectivity index (χ4n) is 3.56. The van der Waals surface area contributed by atoms with Crippen molar-refractivity contribution in [1.82, 2.24) is 19.6 Å². The third-order valence-electron chi connectivity index (χ3n) is 5.64. The number of amides is 1. The molecule has 3 rings (SSSR count). The molecule has 0 saturated heterocycles. The van der Waals surface area contributed by atoms with Crippen LogP contribution in [0.15, 0.2) is 48.5 Å². The van der Waals surface area contributed by atoms with Gasteiger partial charge in [0.15, 0.2) is 5.82 Å². The maximum atomic E-state index is 12.5. The van der Waals surface area contributed by atoms with Crippen molar-refractivity contribution in [3.8, 4) is 10.9 Å². The third-order valence-corrected chi connectivity index (χ3v) is 6.27. The molecule has 0 aliphatic rings. The third kappa shape index (κ3) is 7.94. The molecule has 0 fully saturated rings. The molecule has 3 aromatic rings. The van der Waals surface area contributed by atoms with Crippen LogP contribution in [0.5, 0.6) is 10.9 Å². The van der Waals surface area contributed by atoms with Gasteiger partial charge in [0.1, 0.15) is 5.75 Å². The van der Waals surface area contributed by atoms with Gasteiger partial charge < -0.3 is 15.0 Å². The van der Waals surface area contributed by atoms with Crippen molar-refractivity contribution < 1.29 is 9.53 Å². The summed E-state index contributed by atoms with van der Waals surface area (Å²) < 4.78 is 10.2. The standard InChI is InChI=1S/C26H34N4O2S/c1-5-30(6-2)17-7-8-20(4)27-25(31)22-13-15-23(16-14-22)32-26-28-24(29-33-26)18-21-11-9-19(3)10-12-21/h9-16,20H,5-8,17-18H2,1-4H3,(H,27,31). The van der Waals surface area contributed by atoms with Crippen molar-refractivity contribution in [3.63, 3.8) is 0 Å². The van der Waals surface area contributed by atoms with Gasteiger partial charge in [-0.25, -0.2) is 0 Å². The Kier molecular flexibility index (Phi) is 9.39. The second-order valence-electron chi connectivity index (χ2n) is 8.31. The van der Waals surface area contributed by atoms with Crippen LogP contribution in [0.3, 0.4) is 0 Å². The SMILES string of the molecule is CCN(CC)CCCC(C)NC(=O)c1ccc(Oc2nc(Cc3ccc(C)cc3)ns2)cc1. The van der Waals surface area contributed by atoms with Crippen LogP contribution in [0.25, 0.3) is 0 Å². The summed E-state index contributed by atoms with van der Waals surface area (Å²) in [6, 6.07) is 15.6. The number of nitrogens with one attached hydrogen (secondary N) is 1. The van der Waals surface area contributed by atoms with Crippen molar-refractivity contribution in [2.45, 2.75) is 53.0 Å². The van der Waals surface area contributed by atoms with Gasteiger partial charge in [0.25, 0.3) is 11.1 Å². The maximum absolute atomic E-state index is 12.5. The molecule has 1 amide bonds. The van der Waals surface area contributed by atoms with Gasteiger partial charge in [0.2, 0.25) is 0 Å². The molecule has 0 radical (unpaired) electrons. The van der Waals surface area contributed by atoms with Crippen LogP contribution in [-0.4, -0.2) is 45.8 Å². The highest BCUT2D eigenvalue weighted by atomic mass is 32.1. The quantitative estimate of drug-likeness (QED) is 0.383. The van der Waals surface area contributed by atoms with Crippen LogP contribution in [0.4, 0.5) is 0 Å². The summed E-state index contributed by atoms with van der Waals surface area (Å²) in [5.41, 5.74) is 3.02. The minimum Gasteiger partial charge on any atom is -0.430 e. The summed E-state index contributed by atoms with van der Waals surface area (Å²) in [6.07, 6.45) is 2.71. The van der Waals surface area contributed by atoms with Gasteiger partial charge in [-0.1, -0.05) is 43.7 Å². The molecule has 1 heterocycles. The summed E-state index contributed by atoms with van der Waals surface area (Å²) in [5, 5.41) is 3.58. The predicted molar refractivity (Wildman–Crippen MR) is 134 cm³/mol. The van der Waals surface area contributed by atoms with Crippen molar-refractivity contribution >= 4 is 17.4 Å². The second kappa shape index (κ2) is 12.5. The van der Waals surface area contributed by atoms with E-state index in [-0.39, 0.29) is 11.9 Å². The lowest BCUT2D eigenvalue weighted by Crippen LogP contribution is -2.33. The highest BCUT2D eigenvalue weighted by Gasteiger charge is 2.12. The van der Waals surface area contributed by atoms with Crippen LogP contribution >= 0.6 is 11.5 Å². The number of aryl methyl sites for hydroxylation is 1. The first-order valence-electron chi connectivity index (χ1n) is 11.7. The van der Waals surface area contributed by atoms with Gasteiger partial charge in [0.05, 0.1) is 0 Å². The zero-order valence-corrected chi connectivity index (χ0v) is 20.8. The van der Waals surface area contributed by atoms with E-state index in [4.69, 9.17) is 4.74 Å². The Morgan fingerprint density at radius 2 is 1.79 bits per heavy atom. The number of carbonyl (C=O) groups is 1. The normalized spacial score (nSPS) is 12.0. The Morgan fingerprint density at radius 1 is 1.09 bits per heavy atom. The lowest BCUT2D eigenvalue weighted by atomic mass is 10.1. The molecular weight excluding hydrogens is 432 g/mol. The smallest absolute Gasteiger partial charge is 0.298 e. The molecule has 0 bridgehead atoms. The van der Waals surface area contributed by atoms with Gasteiger partial charge in [0, 0.05) is 29.6 Å². The largest absolute Gasteiger partial charge is 0.430 e. The molecule has 0 aliphatic carbocycles. The molecule has 7 heteroatoms. The van der Waals surface area contributed by atoms with Gasteiger partial charge in [-0.2, -0.15) is 9.36 Å². The van der Waals surface area contributed by atoms with Crippen LogP contribution in [0, 0.1) is 6.92 Å². The number of carbonyl (C=O) groups excluding carboxylic acids is 1. The fraction of sp³-hybridized carbons (Fsp3) is 0.423. The number of aromatic nitrogens is 2. The first-order chi connectivity index (χ1) is 16.0. The molecule has 1 atom stereocenters. The molecule has 0 spiro atoms. The molecular formula is C26H34N4O2S. The zero-order chi connectivity index (χ0) is 23.6. The van der Waals surface area contributed by atoms with E-state index >= 15 is 0 Å². The molecule has 0 saturated carbocycles. The lowest BCUT2D eigenvalue weighted by molar-refractivity contribution is 0.0937. The lowest BCUT2D eigenvalue weighted by Gasteiger charge is -2.19. The average molecular weight is 467 g/mol. The van der Waals surface area contributed by atoms with Crippen molar-refractivity contribution in [3.05, 3.63) is 71.0 Å². The number of ether oxygens (including phenoxy) is 1. The van der Waals surface area contributed by atoms with E-state index in [0.717, 1.165) is 38.3 Å². The van der Waals surface area contributed by atoms with Gasteiger partial charge >= 0.3 is 0 Å². The topological polar surface area (TPSA) is 67.4 Å². The molecule has 1 N–H and O–H groups in total. The number of rotatable bonds is 12. The molecule has 0 aliphatic heterocycles. The summed E-state index contributed by atoms with van der Waals surface area (Å²) in [4.78, 5) is 19.4. The molecule has 2 aromatic carbocycles. The summed E-state index contributed by atoms with van der Waals surface area (Å²) >= 11 is 1.23. The van der Waals surface area contributed by atoms with Gasteiger partial charge in [-0.3, -0.25) is 4.79 Å². The van der Waals surface area contributed by atoms with Crippen LogP contribution in [0.1, 0.15) is 60.9 Å². The van der Waals surface area contributed by atoms with Gasteiger partial charge in [-0.05, 0) is 76.2 Å². The number of nitrogens with zero attached hydrogens (tertiary/aromatic N) is 3. The van der Waals surface area contributed by atoms with Crippen LogP contribution in [-0.2, 0) is 6.42 Å². The minimum atomic E-state index is -0.0619. The van der Waals surface area contributed by atoms with E-state index in [0.29, 0.717) is 22.9 Å². The van der Waals surface area contributed by atoms with Crippen molar-refractivity contribution in [2.24, 2.45) is 0 Å². The second-order valence-corrected chi connectivity index (χ2v) is 9.02. The van der Waals surface area contributed by atoms with Crippen molar-refractivity contribution in [2.75, 3.05) is 19.6 Å². The van der Waals surface area contributed by atoms with E-state index in [1.54, 1.807) is 24.3 Å². The number of hydrogen-bond acceptors (Lipinski definition) is 6. The van der Waals surface area contributed by atoms with E-state index < -0.39 is 0 Å². The summed E-state index contributed by atoms with van der Waals surface area (Å²) in [6.45, 7) is 11.7. The monoisotopic (exact) mass is 466 g/mol. The maximum Gasteiger partial charge on any atom is 0.298 e. The molecule has 1 aromatic heterocycles. The Balaban J connectivity index is 1.47. The zero-order valence-electron chi connectivity index (χ0n) is 20.0. The minimum absolute atomic E-state index is 0.0619. The Morgan fingerprint density at radius 3 is 2.45 bits per heavy atom. The van der Waals surface area contributed by atoms with Crippen LogP contribution < -0.4 is 10.1 Å². The van der Waals surface area contributed by atoms with E-state index in [1.165, 1.54) is 22.7 Å². The number of benzene rings is 2. The van der Waals surface area contributed by atoms with Crippen LogP contribution in [0.2, 0.25) is 0 Å². The number of hydrogen-bond donors (Lipinski definition) is 1. The van der Waals surface area contributed by atoms with E-state index in [1.807, 2.05) is 0 Å². The molecule has 6 nitrogen and oxygen atoms in total. The average Bonchev–Trinajstić information content (AvgIpc) is 3.25. The Labute approximate surface area is 201 Å². The summed E-state index contributed by atoms with van der Waals surface area (Å²) in [5.74, 6) is 1.31. The molecule has 1 unspecified atom stereocenters.